The Balaban J connectivity index is 0.00000729. The summed E-state index contributed by atoms with van der Waals surface area (Å²) < 4.78 is 11.4. The van der Waals surface area contributed by atoms with E-state index in [0.29, 0.717) is 13.2 Å². The SMILES string of the molecule is CCNC(=NCc1ccc(OCCN(CC)CC)c(OC)c1)NCCSC.I. The Kier molecular flexibility index (Phi) is 16.5. The molecule has 0 aromatic heterocycles. The summed E-state index contributed by atoms with van der Waals surface area (Å²) in [6.45, 7) is 12.4. The lowest BCUT2D eigenvalue weighted by atomic mass is 10.2. The molecule has 0 fully saturated rings. The van der Waals surface area contributed by atoms with Gasteiger partial charge in [-0.25, -0.2) is 4.99 Å². The summed E-state index contributed by atoms with van der Waals surface area (Å²) in [6.07, 6.45) is 2.10. The van der Waals surface area contributed by atoms with Crippen LogP contribution in [-0.4, -0.2) is 69.3 Å². The number of halogens is 1. The summed E-state index contributed by atoms with van der Waals surface area (Å²) in [6, 6.07) is 6.02. The molecule has 1 rings (SSSR count). The van der Waals surface area contributed by atoms with Crippen molar-refractivity contribution in [3.63, 3.8) is 0 Å². The molecule has 0 amide bonds. The molecular weight excluding hydrogens is 487 g/mol. The van der Waals surface area contributed by atoms with E-state index in [-0.39, 0.29) is 24.0 Å². The summed E-state index contributed by atoms with van der Waals surface area (Å²) in [5.74, 6) is 3.42. The number of rotatable bonds is 13. The predicted molar refractivity (Wildman–Crippen MR) is 133 cm³/mol. The minimum absolute atomic E-state index is 0. The average Bonchev–Trinajstić information content (AvgIpc) is 2.70. The van der Waals surface area contributed by atoms with E-state index in [1.54, 1.807) is 7.11 Å². The molecule has 0 aliphatic carbocycles. The number of aliphatic imine (C=N–C) groups is 1. The standard InChI is InChI=1S/C20H36N4O2S.HI/c1-6-21-20(22-11-14-27-5)23-16-17-9-10-18(19(15-17)25-4)26-13-12-24(7-2)8-3;/h9-10,15H,6-8,11-14,16H2,1-5H3,(H2,21,22,23);1H. The van der Waals surface area contributed by atoms with Crippen LogP contribution < -0.4 is 20.1 Å². The number of nitrogens with zero attached hydrogens (tertiary/aromatic N) is 2. The molecule has 0 atom stereocenters. The molecular formula is C20H37IN4O2S. The molecule has 0 aliphatic heterocycles. The van der Waals surface area contributed by atoms with Gasteiger partial charge in [-0.2, -0.15) is 11.8 Å². The number of likely N-dealkylation sites (N-methyl/N-ethyl adjacent to an activating group) is 1. The van der Waals surface area contributed by atoms with Crippen molar-refractivity contribution in [3.05, 3.63) is 23.8 Å². The molecule has 8 heteroatoms. The maximum Gasteiger partial charge on any atom is 0.191 e. The quantitative estimate of drug-likeness (QED) is 0.179. The van der Waals surface area contributed by atoms with Crippen molar-refractivity contribution in [3.8, 4) is 11.5 Å². The van der Waals surface area contributed by atoms with Crippen LogP contribution in [0.1, 0.15) is 26.3 Å². The lowest BCUT2D eigenvalue weighted by molar-refractivity contribution is 0.217. The van der Waals surface area contributed by atoms with E-state index in [0.717, 1.165) is 61.5 Å². The number of hydrogen-bond acceptors (Lipinski definition) is 5. The molecule has 162 valence electrons. The van der Waals surface area contributed by atoms with Crippen LogP contribution in [0.15, 0.2) is 23.2 Å². The first-order chi connectivity index (χ1) is 13.2. The molecule has 1 aromatic carbocycles. The zero-order valence-corrected chi connectivity index (χ0v) is 21.1. The van der Waals surface area contributed by atoms with Gasteiger partial charge < -0.3 is 25.0 Å². The van der Waals surface area contributed by atoms with E-state index in [1.807, 2.05) is 30.0 Å². The molecule has 1 aromatic rings. The van der Waals surface area contributed by atoms with Crippen molar-refractivity contribution < 1.29 is 9.47 Å². The van der Waals surface area contributed by atoms with Crippen molar-refractivity contribution in [2.45, 2.75) is 27.3 Å². The highest BCUT2D eigenvalue weighted by molar-refractivity contribution is 14.0. The molecule has 2 N–H and O–H groups in total. The van der Waals surface area contributed by atoms with E-state index < -0.39 is 0 Å². The molecule has 0 spiro atoms. The van der Waals surface area contributed by atoms with Gasteiger partial charge in [-0.05, 0) is 44.0 Å². The monoisotopic (exact) mass is 524 g/mol. The van der Waals surface area contributed by atoms with Crippen LogP contribution >= 0.6 is 35.7 Å². The first-order valence-electron chi connectivity index (χ1n) is 9.71. The third kappa shape index (κ3) is 10.6. The number of ether oxygens (including phenoxy) is 2. The van der Waals surface area contributed by atoms with Gasteiger partial charge in [-0.1, -0.05) is 19.9 Å². The lowest BCUT2D eigenvalue weighted by Crippen LogP contribution is -2.38. The topological polar surface area (TPSA) is 58.1 Å². The van der Waals surface area contributed by atoms with Gasteiger partial charge in [0.15, 0.2) is 17.5 Å². The highest BCUT2D eigenvalue weighted by Crippen LogP contribution is 2.28. The van der Waals surface area contributed by atoms with Gasteiger partial charge in [-0.3, -0.25) is 0 Å². The zero-order chi connectivity index (χ0) is 19.9. The van der Waals surface area contributed by atoms with Crippen LogP contribution in [0.2, 0.25) is 0 Å². The van der Waals surface area contributed by atoms with Gasteiger partial charge >= 0.3 is 0 Å². The third-order valence-electron chi connectivity index (χ3n) is 4.15. The van der Waals surface area contributed by atoms with Crippen LogP contribution in [0.25, 0.3) is 0 Å². The minimum atomic E-state index is 0. The van der Waals surface area contributed by atoms with Crippen molar-refractivity contribution in [2.24, 2.45) is 4.99 Å². The lowest BCUT2D eigenvalue weighted by Gasteiger charge is -2.19. The largest absolute Gasteiger partial charge is 0.493 e. The van der Waals surface area contributed by atoms with Crippen LogP contribution in [0, 0.1) is 0 Å². The molecule has 0 radical (unpaired) electrons. The van der Waals surface area contributed by atoms with E-state index in [2.05, 4.69) is 47.6 Å². The summed E-state index contributed by atoms with van der Waals surface area (Å²) in [7, 11) is 1.67. The van der Waals surface area contributed by atoms with E-state index in [4.69, 9.17) is 9.47 Å². The molecule has 0 aliphatic rings. The van der Waals surface area contributed by atoms with Gasteiger partial charge in [-0.15, -0.1) is 24.0 Å². The number of guanidine groups is 1. The van der Waals surface area contributed by atoms with Gasteiger partial charge in [0.2, 0.25) is 0 Å². The molecule has 0 bridgehead atoms. The number of benzene rings is 1. The smallest absolute Gasteiger partial charge is 0.191 e. The Morgan fingerprint density at radius 2 is 1.89 bits per heavy atom. The fraction of sp³-hybridized carbons (Fsp3) is 0.650. The first-order valence-corrected chi connectivity index (χ1v) is 11.1. The Hall–Kier alpha value is -0.870. The summed E-state index contributed by atoms with van der Waals surface area (Å²) in [5, 5.41) is 6.61. The Labute approximate surface area is 192 Å². The van der Waals surface area contributed by atoms with Crippen LogP contribution in [0.3, 0.4) is 0 Å². The number of methoxy groups -OCH3 is 1. The number of hydrogen-bond donors (Lipinski definition) is 2. The van der Waals surface area contributed by atoms with Gasteiger partial charge in [0, 0.05) is 25.4 Å². The minimum Gasteiger partial charge on any atom is -0.493 e. The second-order valence-electron chi connectivity index (χ2n) is 5.98. The van der Waals surface area contributed by atoms with Crippen molar-refractivity contribution in [1.29, 1.82) is 0 Å². The molecule has 0 saturated heterocycles. The summed E-state index contributed by atoms with van der Waals surface area (Å²) in [5.41, 5.74) is 1.09. The van der Waals surface area contributed by atoms with E-state index >= 15 is 0 Å². The normalized spacial score (nSPS) is 11.1. The highest BCUT2D eigenvalue weighted by atomic mass is 127. The first kappa shape index (κ1) is 27.1. The van der Waals surface area contributed by atoms with Crippen LogP contribution in [0.4, 0.5) is 0 Å². The van der Waals surface area contributed by atoms with Crippen molar-refractivity contribution >= 4 is 41.7 Å². The predicted octanol–water partition coefficient (Wildman–Crippen LogP) is 3.45. The molecule has 0 unspecified atom stereocenters. The maximum atomic E-state index is 5.92. The van der Waals surface area contributed by atoms with Crippen LogP contribution in [0.5, 0.6) is 11.5 Å². The summed E-state index contributed by atoms with van der Waals surface area (Å²) >= 11 is 1.81. The molecule has 0 saturated carbocycles. The Morgan fingerprint density at radius 3 is 2.50 bits per heavy atom. The fourth-order valence-corrected chi connectivity index (χ4v) is 2.84. The van der Waals surface area contributed by atoms with Crippen molar-refractivity contribution in [2.75, 3.05) is 58.4 Å². The Morgan fingerprint density at radius 1 is 1.14 bits per heavy atom. The number of nitrogens with one attached hydrogen (secondary N) is 2. The van der Waals surface area contributed by atoms with Crippen LogP contribution in [-0.2, 0) is 6.54 Å². The maximum absolute atomic E-state index is 5.92. The summed E-state index contributed by atoms with van der Waals surface area (Å²) in [4.78, 5) is 6.99. The highest BCUT2D eigenvalue weighted by Gasteiger charge is 2.07. The molecule has 0 heterocycles. The number of thioether (sulfide) groups is 1. The van der Waals surface area contributed by atoms with E-state index in [9.17, 15) is 0 Å². The molecule has 6 nitrogen and oxygen atoms in total. The van der Waals surface area contributed by atoms with Gasteiger partial charge in [0.05, 0.1) is 13.7 Å². The molecule has 28 heavy (non-hydrogen) atoms. The van der Waals surface area contributed by atoms with Gasteiger partial charge in [0.1, 0.15) is 6.61 Å². The third-order valence-corrected chi connectivity index (χ3v) is 4.76. The van der Waals surface area contributed by atoms with Gasteiger partial charge in [0.25, 0.3) is 0 Å². The second-order valence-corrected chi connectivity index (χ2v) is 6.96. The Bertz CT molecular complexity index is 557. The van der Waals surface area contributed by atoms with E-state index in [1.165, 1.54) is 0 Å². The average molecular weight is 525 g/mol. The zero-order valence-electron chi connectivity index (χ0n) is 17.9. The second kappa shape index (κ2) is 17.0. The van der Waals surface area contributed by atoms with Crippen molar-refractivity contribution in [1.82, 2.24) is 15.5 Å². The fourth-order valence-electron chi connectivity index (χ4n) is 2.54.